The molecule has 1 saturated heterocycles. The van der Waals surface area contributed by atoms with Gasteiger partial charge >= 0.3 is 5.97 Å². The summed E-state index contributed by atoms with van der Waals surface area (Å²) in [4.78, 5) is 30.9. The zero-order chi connectivity index (χ0) is 21.6. The molecule has 3 heterocycles. The molecule has 0 bridgehead atoms. The van der Waals surface area contributed by atoms with E-state index in [0.717, 1.165) is 5.82 Å². The van der Waals surface area contributed by atoms with E-state index in [1.54, 1.807) is 42.2 Å². The van der Waals surface area contributed by atoms with Gasteiger partial charge in [-0.2, -0.15) is 5.10 Å². The van der Waals surface area contributed by atoms with E-state index in [-0.39, 0.29) is 18.4 Å². The number of benzene rings is 1. The van der Waals surface area contributed by atoms with E-state index in [2.05, 4.69) is 30.5 Å². The lowest BCUT2D eigenvalue weighted by molar-refractivity contribution is -0.120. The summed E-state index contributed by atoms with van der Waals surface area (Å²) in [6.07, 6.45) is 4.37. The molecular weight excluding hydrogens is 398 g/mol. The van der Waals surface area contributed by atoms with Gasteiger partial charge in [0.15, 0.2) is 11.6 Å². The van der Waals surface area contributed by atoms with Crippen molar-refractivity contribution in [3.8, 4) is 5.82 Å². The van der Waals surface area contributed by atoms with Crippen molar-refractivity contribution in [2.24, 2.45) is 5.92 Å². The maximum absolute atomic E-state index is 12.8. The van der Waals surface area contributed by atoms with Gasteiger partial charge in [-0.25, -0.2) is 14.5 Å². The average molecular weight is 421 g/mol. The summed E-state index contributed by atoms with van der Waals surface area (Å²) >= 11 is 0. The quantitative estimate of drug-likeness (QED) is 0.602. The van der Waals surface area contributed by atoms with Crippen LogP contribution >= 0.6 is 0 Å². The van der Waals surface area contributed by atoms with Crippen molar-refractivity contribution in [3.05, 3.63) is 54.6 Å². The predicted octanol–water partition coefficient (Wildman–Crippen LogP) is 2.09. The molecule has 31 heavy (non-hydrogen) atoms. The van der Waals surface area contributed by atoms with Gasteiger partial charge in [-0.3, -0.25) is 4.79 Å². The molecule has 0 spiro atoms. The van der Waals surface area contributed by atoms with Crippen LogP contribution in [0, 0.1) is 5.92 Å². The molecule has 10 heteroatoms. The third-order valence-corrected chi connectivity index (χ3v) is 5.16. The molecule has 4 rings (SSSR count). The first-order chi connectivity index (χ1) is 15.2. The molecule has 0 aliphatic carbocycles. The van der Waals surface area contributed by atoms with Gasteiger partial charge in [-0.15, -0.1) is 10.2 Å². The highest BCUT2D eigenvalue weighted by Gasteiger charge is 2.27. The normalized spacial score (nSPS) is 14.3. The number of rotatable bonds is 6. The lowest BCUT2D eigenvalue weighted by atomic mass is 9.95. The largest absolute Gasteiger partial charge is 0.462 e. The summed E-state index contributed by atoms with van der Waals surface area (Å²) in [7, 11) is 0. The Labute approximate surface area is 179 Å². The Hall–Kier alpha value is -3.82. The average Bonchev–Trinajstić information content (AvgIpc) is 3.35. The molecule has 0 unspecified atom stereocenters. The SMILES string of the molecule is CCOC(=O)c1ccccc1NC(=O)C1CCN(c2ccc(-n3cncn3)nn2)CC1. The maximum atomic E-state index is 12.8. The molecule has 2 aromatic heterocycles. The van der Waals surface area contributed by atoms with Gasteiger partial charge in [-0.1, -0.05) is 12.1 Å². The zero-order valence-corrected chi connectivity index (χ0v) is 17.1. The Morgan fingerprint density at radius 2 is 1.84 bits per heavy atom. The number of para-hydroxylation sites is 1. The Morgan fingerprint density at radius 1 is 1.10 bits per heavy atom. The molecular formula is C21H23N7O3. The highest BCUT2D eigenvalue weighted by molar-refractivity contribution is 6.01. The number of esters is 1. The first kappa shape index (κ1) is 20.5. The number of carbonyl (C=O) groups excluding carboxylic acids is 2. The second-order valence-corrected chi connectivity index (χ2v) is 7.11. The second-order valence-electron chi connectivity index (χ2n) is 7.11. The molecule has 1 N–H and O–H groups in total. The molecule has 0 atom stereocenters. The summed E-state index contributed by atoms with van der Waals surface area (Å²) in [5.41, 5.74) is 0.834. The Bertz CT molecular complexity index is 1030. The van der Waals surface area contributed by atoms with Gasteiger partial charge < -0.3 is 15.0 Å². The van der Waals surface area contributed by atoms with E-state index in [4.69, 9.17) is 4.74 Å². The van der Waals surface area contributed by atoms with Crippen LogP contribution in [0.15, 0.2) is 49.1 Å². The first-order valence-corrected chi connectivity index (χ1v) is 10.2. The van der Waals surface area contributed by atoms with Crippen LogP contribution in [0.3, 0.4) is 0 Å². The predicted molar refractivity (Wildman–Crippen MR) is 113 cm³/mol. The van der Waals surface area contributed by atoms with Gasteiger partial charge in [0, 0.05) is 19.0 Å². The maximum Gasteiger partial charge on any atom is 0.340 e. The number of hydrogen-bond acceptors (Lipinski definition) is 8. The number of nitrogens with zero attached hydrogens (tertiary/aromatic N) is 6. The van der Waals surface area contributed by atoms with Crippen LogP contribution in [-0.4, -0.2) is 56.5 Å². The van der Waals surface area contributed by atoms with Crippen LogP contribution in [0.4, 0.5) is 11.5 Å². The van der Waals surface area contributed by atoms with Gasteiger partial charge in [0.2, 0.25) is 5.91 Å². The minimum absolute atomic E-state index is 0.0935. The third-order valence-electron chi connectivity index (χ3n) is 5.16. The van der Waals surface area contributed by atoms with Crippen molar-refractivity contribution in [3.63, 3.8) is 0 Å². The van der Waals surface area contributed by atoms with Crippen molar-refractivity contribution in [2.75, 3.05) is 29.9 Å². The van der Waals surface area contributed by atoms with Crippen LogP contribution in [0.25, 0.3) is 5.82 Å². The summed E-state index contributed by atoms with van der Waals surface area (Å²) in [6, 6.07) is 10.6. The van der Waals surface area contributed by atoms with E-state index in [1.165, 1.54) is 6.33 Å². The van der Waals surface area contributed by atoms with Gasteiger partial charge in [-0.05, 0) is 44.0 Å². The number of hydrogen-bond donors (Lipinski definition) is 1. The van der Waals surface area contributed by atoms with Crippen molar-refractivity contribution in [2.45, 2.75) is 19.8 Å². The van der Waals surface area contributed by atoms with Crippen LogP contribution in [0.1, 0.15) is 30.1 Å². The van der Waals surface area contributed by atoms with Gasteiger partial charge in [0.05, 0.1) is 17.9 Å². The number of amides is 1. The summed E-state index contributed by atoms with van der Waals surface area (Å²) in [6.45, 7) is 3.41. The molecule has 10 nitrogen and oxygen atoms in total. The van der Waals surface area contributed by atoms with E-state index >= 15 is 0 Å². The lowest BCUT2D eigenvalue weighted by Crippen LogP contribution is -2.38. The molecule has 1 aliphatic rings. The number of ether oxygens (including phenoxy) is 1. The van der Waals surface area contributed by atoms with Crippen molar-refractivity contribution in [1.82, 2.24) is 25.0 Å². The molecule has 3 aromatic rings. The van der Waals surface area contributed by atoms with E-state index in [0.29, 0.717) is 43.0 Å². The summed E-state index contributed by atoms with van der Waals surface area (Å²) < 4.78 is 6.62. The summed E-state index contributed by atoms with van der Waals surface area (Å²) in [5.74, 6) is 0.671. The second kappa shape index (κ2) is 9.33. The van der Waals surface area contributed by atoms with Crippen LogP contribution in [-0.2, 0) is 9.53 Å². The lowest BCUT2D eigenvalue weighted by Gasteiger charge is -2.31. The molecule has 160 valence electrons. The molecule has 0 saturated carbocycles. The highest BCUT2D eigenvalue weighted by Crippen LogP contribution is 2.24. The fraction of sp³-hybridized carbons (Fsp3) is 0.333. The number of aromatic nitrogens is 5. The Balaban J connectivity index is 1.35. The fourth-order valence-corrected chi connectivity index (χ4v) is 3.52. The van der Waals surface area contributed by atoms with Crippen LogP contribution in [0.2, 0.25) is 0 Å². The zero-order valence-electron chi connectivity index (χ0n) is 17.1. The minimum atomic E-state index is -0.443. The Kier molecular flexibility index (Phi) is 6.16. The highest BCUT2D eigenvalue weighted by atomic mass is 16.5. The fourth-order valence-electron chi connectivity index (χ4n) is 3.52. The minimum Gasteiger partial charge on any atom is -0.462 e. The van der Waals surface area contributed by atoms with Crippen molar-refractivity contribution < 1.29 is 14.3 Å². The Morgan fingerprint density at radius 3 is 2.52 bits per heavy atom. The topological polar surface area (TPSA) is 115 Å². The van der Waals surface area contributed by atoms with Gasteiger partial charge in [0.25, 0.3) is 0 Å². The van der Waals surface area contributed by atoms with Gasteiger partial charge in [0.1, 0.15) is 12.7 Å². The van der Waals surface area contributed by atoms with Crippen molar-refractivity contribution in [1.29, 1.82) is 0 Å². The standard InChI is InChI=1S/C21H23N7O3/c1-2-31-21(30)16-5-3-4-6-17(16)24-20(29)15-9-11-27(12-10-15)18-7-8-19(26-25-18)28-14-22-13-23-28/h3-8,13-15H,2,9-12H2,1H3,(H,24,29). The number of carbonyl (C=O) groups is 2. The van der Waals surface area contributed by atoms with E-state index in [1.807, 2.05) is 12.1 Å². The number of nitrogens with one attached hydrogen (secondary N) is 1. The monoisotopic (exact) mass is 421 g/mol. The molecule has 0 radical (unpaired) electrons. The third kappa shape index (κ3) is 4.68. The van der Waals surface area contributed by atoms with Crippen LogP contribution in [0.5, 0.6) is 0 Å². The number of piperidine rings is 1. The summed E-state index contributed by atoms with van der Waals surface area (Å²) in [5, 5.41) is 15.4. The molecule has 1 amide bonds. The molecule has 1 aliphatic heterocycles. The van der Waals surface area contributed by atoms with Crippen molar-refractivity contribution >= 4 is 23.4 Å². The van der Waals surface area contributed by atoms with E-state index in [9.17, 15) is 9.59 Å². The van der Waals surface area contributed by atoms with Crippen LogP contribution < -0.4 is 10.2 Å². The first-order valence-electron chi connectivity index (χ1n) is 10.2. The smallest absolute Gasteiger partial charge is 0.340 e. The number of anilines is 2. The molecule has 1 fully saturated rings. The molecule has 1 aromatic carbocycles. The van der Waals surface area contributed by atoms with E-state index < -0.39 is 5.97 Å².